The van der Waals surface area contributed by atoms with Crippen LogP contribution in [0.15, 0.2) is 47.4 Å². The van der Waals surface area contributed by atoms with Gasteiger partial charge in [0, 0.05) is 6.54 Å². The van der Waals surface area contributed by atoms with Crippen LogP contribution in [0.5, 0.6) is 0 Å². The van der Waals surface area contributed by atoms with Gasteiger partial charge in [-0.25, -0.2) is 13.6 Å². The topological polar surface area (TPSA) is 96.0 Å². The first-order valence-corrected chi connectivity index (χ1v) is 7.88. The van der Waals surface area contributed by atoms with Crippen molar-refractivity contribution in [3.05, 3.63) is 58.6 Å². The van der Waals surface area contributed by atoms with Gasteiger partial charge in [0.1, 0.15) is 0 Å². The van der Waals surface area contributed by atoms with Crippen molar-refractivity contribution in [2.45, 2.75) is 11.4 Å². The van der Waals surface area contributed by atoms with Crippen LogP contribution >= 0.6 is 11.6 Å². The zero-order valence-corrected chi connectivity index (χ0v) is 12.4. The van der Waals surface area contributed by atoms with Crippen LogP contribution in [0.2, 0.25) is 5.02 Å². The van der Waals surface area contributed by atoms with E-state index in [0.717, 1.165) is 5.56 Å². The summed E-state index contributed by atoms with van der Waals surface area (Å²) in [6.45, 7) is 0.469. The Bertz CT molecular complexity index is 796. The maximum Gasteiger partial charge on any atom is 0.238 e. The highest BCUT2D eigenvalue weighted by molar-refractivity contribution is 7.89. The molecule has 2 rings (SSSR count). The molecular formula is C14H12ClN3O2S. The number of rotatable bonds is 4. The van der Waals surface area contributed by atoms with Crippen molar-refractivity contribution in [1.29, 1.82) is 5.26 Å². The predicted molar refractivity (Wildman–Crippen MR) is 81.3 cm³/mol. The molecule has 0 aliphatic heterocycles. The number of anilines is 1. The van der Waals surface area contributed by atoms with Gasteiger partial charge in [-0.3, -0.25) is 0 Å². The molecule has 0 aliphatic carbocycles. The summed E-state index contributed by atoms with van der Waals surface area (Å²) in [5, 5.41) is 17.4. The molecule has 2 aromatic rings. The summed E-state index contributed by atoms with van der Waals surface area (Å²) in [5.41, 5.74) is 2.07. The summed E-state index contributed by atoms with van der Waals surface area (Å²) >= 11 is 6.05. The van der Waals surface area contributed by atoms with E-state index in [1.54, 1.807) is 30.3 Å². The van der Waals surface area contributed by atoms with Gasteiger partial charge in [-0.2, -0.15) is 5.26 Å². The van der Waals surface area contributed by atoms with Crippen LogP contribution in [-0.4, -0.2) is 8.42 Å². The van der Waals surface area contributed by atoms with E-state index in [0.29, 0.717) is 22.8 Å². The Balaban J connectivity index is 2.09. The van der Waals surface area contributed by atoms with Crippen LogP contribution in [-0.2, 0) is 16.6 Å². The molecule has 0 heterocycles. The number of nitrogens with zero attached hydrogens (tertiary/aromatic N) is 1. The van der Waals surface area contributed by atoms with Gasteiger partial charge >= 0.3 is 0 Å². The molecule has 7 heteroatoms. The van der Waals surface area contributed by atoms with Gasteiger partial charge in [-0.1, -0.05) is 23.7 Å². The second-order valence-electron chi connectivity index (χ2n) is 4.35. The van der Waals surface area contributed by atoms with E-state index in [1.165, 1.54) is 12.1 Å². The van der Waals surface area contributed by atoms with Crippen molar-refractivity contribution < 1.29 is 8.42 Å². The molecule has 0 saturated carbocycles. The third kappa shape index (κ3) is 3.95. The molecular weight excluding hydrogens is 310 g/mol. The van der Waals surface area contributed by atoms with E-state index in [4.69, 9.17) is 22.0 Å². The number of nitrogens with one attached hydrogen (secondary N) is 1. The Morgan fingerprint density at radius 3 is 2.38 bits per heavy atom. The third-order valence-electron chi connectivity index (χ3n) is 2.83. The molecule has 5 nitrogen and oxygen atoms in total. The Labute approximate surface area is 128 Å². The normalized spacial score (nSPS) is 10.9. The third-order valence-corrected chi connectivity index (χ3v) is 4.07. The van der Waals surface area contributed by atoms with Crippen molar-refractivity contribution >= 4 is 27.3 Å². The average Bonchev–Trinajstić information content (AvgIpc) is 2.45. The van der Waals surface area contributed by atoms with Gasteiger partial charge < -0.3 is 5.32 Å². The summed E-state index contributed by atoms with van der Waals surface area (Å²) in [4.78, 5) is 0.0719. The molecule has 0 bridgehead atoms. The molecule has 0 unspecified atom stereocenters. The van der Waals surface area contributed by atoms with Crippen LogP contribution in [0.3, 0.4) is 0 Å². The zero-order chi connectivity index (χ0) is 15.5. The van der Waals surface area contributed by atoms with Crippen LogP contribution in [0.4, 0.5) is 5.69 Å². The van der Waals surface area contributed by atoms with Gasteiger partial charge in [0.25, 0.3) is 0 Å². The number of primary sulfonamides is 1. The average molecular weight is 322 g/mol. The van der Waals surface area contributed by atoms with Crippen LogP contribution < -0.4 is 10.5 Å². The molecule has 0 fully saturated rings. The molecule has 0 amide bonds. The van der Waals surface area contributed by atoms with E-state index in [2.05, 4.69) is 5.32 Å². The number of halogens is 1. The monoisotopic (exact) mass is 321 g/mol. The first-order chi connectivity index (χ1) is 9.90. The van der Waals surface area contributed by atoms with Gasteiger partial charge in [0.15, 0.2) is 0 Å². The van der Waals surface area contributed by atoms with Crippen LogP contribution in [0.25, 0.3) is 0 Å². The van der Waals surface area contributed by atoms with Crippen molar-refractivity contribution in [3.8, 4) is 6.07 Å². The minimum Gasteiger partial charge on any atom is -0.380 e. The molecule has 0 radical (unpaired) electrons. The fourth-order valence-electron chi connectivity index (χ4n) is 1.72. The lowest BCUT2D eigenvalue weighted by molar-refractivity contribution is 0.598. The molecule has 108 valence electrons. The second-order valence-corrected chi connectivity index (χ2v) is 6.32. The van der Waals surface area contributed by atoms with Crippen LogP contribution in [0, 0.1) is 11.3 Å². The molecule has 21 heavy (non-hydrogen) atoms. The van der Waals surface area contributed by atoms with Gasteiger partial charge in [0.2, 0.25) is 10.0 Å². The lowest BCUT2D eigenvalue weighted by Gasteiger charge is -2.09. The lowest BCUT2D eigenvalue weighted by Crippen LogP contribution is -2.12. The molecule has 3 N–H and O–H groups in total. The molecule has 0 aromatic heterocycles. The number of hydrogen-bond donors (Lipinski definition) is 2. The first-order valence-electron chi connectivity index (χ1n) is 5.95. The van der Waals surface area contributed by atoms with Crippen molar-refractivity contribution in [2.24, 2.45) is 5.14 Å². The summed E-state index contributed by atoms with van der Waals surface area (Å²) in [5.74, 6) is 0. The smallest absolute Gasteiger partial charge is 0.238 e. The number of nitriles is 1. The fraction of sp³-hybridized carbons (Fsp3) is 0.0714. The fourth-order valence-corrected chi connectivity index (χ4v) is 2.49. The lowest BCUT2D eigenvalue weighted by atomic mass is 10.2. The molecule has 0 saturated heterocycles. The maximum atomic E-state index is 11.1. The molecule has 0 atom stereocenters. The maximum absolute atomic E-state index is 11.1. The minimum absolute atomic E-state index is 0.0719. The van der Waals surface area contributed by atoms with E-state index >= 15 is 0 Å². The number of hydrogen-bond acceptors (Lipinski definition) is 4. The van der Waals surface area contributed by atoms with Crippen molar-refractivity contribution in [2.75, 3.05) is 5.32 Å². The van der Waals surface area contributed by atoms with Crippen LogP contribution in [0.1, 0.15) is 11.1 Å². The number of benzene rings is 2. The quantitative estimate of drug-likeness (QED) is 0.904. The number of nitrogens with two attached hydrogens (primary N) is 1. The van der Waals surface area contributed by atoms with Gasteiger partial charge in [-0.15, -0.1) is 0 Å². The highest BCUT2D eigenvalue weighted by Crippen LogP contribution is 2.23. The van der Waals surface area contributed by atoms with Gasteiger partial charge in [0.05, 0.1) is 27.2 Å². The SMILES string of the molecule is N#Cc1ccc(NCc2ccc(S(N)(=O)=O)cc2)c(Cl)c1. The zero-order valence-electron chi connectivity index (χ0n) is 10.9. The standard InChI is InChI=1S/C14H12ClN3O2S/c15-13-7-11(8-16)3-6-14(13)18-9-10-1-4-12(5-2-10)21(17,19)20/h1-7,18H,9H2,(H2,17,19,20). The Kier molecular flexibility index (Phi) is 4.48. The van der Waals surface area contributed by atoms with E-state index < -0.39 is 10.0 Å². The predicted octanol–water partition coefficient (Wildman–Crippen LogP) is 2.47. The summed E-state index contributed by atoms with van der Waals surface area (Å²) < 4.78 is 22.3. The highest BCUT2D eigenvalue weighted by atomic mass is 35.5. The molecule has 2 aromatic carbocycles. The van der Waals surface area contributed by atoms with Crippen molar-refractivity contribution in [1.82, 2.24) is 0 Å². The Morgan fingerprint density at radius 2 is 1.86 bits per heavy atom. The Hall–Kier alpha value is -2.07. The summed E-state index contributed by atoms with van der Waals surface area (Å²) in [6.07, 6.45) is 0. The highest BCUT2D eigenvalue weighted by Gasteiger charge is 2.07. The van der Waals surface area contributed by atoms with Gasteiger partial charge in [-0.05, 0) is 35.9 Å². The van der Waals surface area contributed by atoms with E-state index in [-0.39, 0.29) is 4.90 Å². The Morgan fingerprint density at radius 1 is 1.19 bits per heavy atom. The second kappa shape index (κ2) is 6.14. The minimum atomic E-state index is -3.67. The van der Waals surface area contributed by atoms with E-state index in [1.807, 2.05) is 6.07 Å². The summed E-state index contributed by atoms with van der Waals surface area (Å²) in [6, 6.07) is 13.2. The number of sulfonamides is 1. The van der Waals surface area contributed by atoms with Crippen molar-refractivity contribution in [3.63, 3.8) is 0 Å². The summed E-state index contributed by atoms with van der Waals surface area (Å²) in [7, 11) is -3.67. The molecule has 0 spiro atoms. The first kappa shape index (κ1) is 15.3. The van der Waals surface area contributed by atoms with E-state index in [9.17, 15) is 8.42 Å². The largest absolute Gasteiger partial charge is 0.380 e. The molecule has 0 aliphatic rings.